The number of carbonyl (C=O) groups is 1. The molecule has 0 bridgehead atoms. The molecule has 0 atom stereocenters. The Balaban J connectivity index is 1.39. The van der Waals surface area contributed by atoms with Crippen molar-refractivity contribution in [2.45, 2.75) is 5.22 Å². The summed E-state index contributed by atoms with van der Waals surface area (Å²) in [7, 11) is 2.10. The van der Waals surface area contributed by atoms with Gasteiger partial charge in [-0.2, -0.15) is 0 Å². The number of nitrogens with zero attached hydrogens (tertiary/aromatic N) is 5. The van der Waals surface area contributed by atoms with Gasteiger partial charge in [-0.1, -0.05) is 29.4 Å². The molecular weight excluding hydrogens is 424 g/mol. The number of piperazine rings is 1. The summed E-state index contributed by atoms with van der Waals surface area (Å²) in [6.07, 6.45) is 3.32. The molecule has 1 N–H and O–H groups in total. The molecule has 3 heterocycles. The van der Waals surface area contributed by atoms with Crippen LogP contribution in [-0.2, 0) is 4.79 Å². The number of aromatic nitrogens is 3. The fourth-order valence-electron chi connectivity index (χ4n) is 3.16. The van der Waals surface area contributed by atoms with Gasteiger partial charge in [-0.3, -0.25) is 9.78 Å². The fraction of sp³-hybridized carbons (Fsp3) is 0.300. The van der Waals surface area contributed by atoms with Gasteiger partial charge >= 0.3 is 0 Å². The molecule has 156 valence electrons. The SMILES string of the molecule is CN1CCN(c2c(Cl)cccc2NC(=O)CSc2nnc(-c3cccnc3)o2)CC1. The Kier molecular flexibility index (Phi) is 6.51. The maximum atomic E-state index is 12.6. The number of likely N-dealkylation sites (N-methyl/N-ethyl adjacent to an activating group) is 1. The molecular formula is C20H21ClN6O2S. The average Bonchev–Trinajstić information content (AvgIpc) is 3.23. The summed E-state index contributed by atoms with van der Waals surface area (Å²) < 4.78 is 5.61. The second-order valence-corrected chi connectivity index (χ2v) is 8.21. The minimum Gasteiger partial charge on any atom is -0.411 e. The quantitative estimate of drug-likeness (QED) is 0.579. The summed E-state index contributed by atoms with van der Waals surface area (Å²) in [6, 6.07) is 9.18. The highest BCUT2D eigenvalue weighted by molar-refractivity contribution is 7.99. The summed E-state index contributed by atoms with van der Waals surface area (Å²) >= 11 is 7.65. The van der Waals surface area contributed by atoms with E-state index in [0.29, 0.717) is 21.8 Å². The van der Waals surface area contributed by atoms with Crippen LogP contribution < -0.4 is 10.2 Å². The third-order valence-electron chi connectivity index (χ3n) is 4.72. The number of pyridine rings is 1. The number of para-hydroxylation sites is 1. The molecule has 1 fully saturated rings. The molecule has 10 heteroatoms. The fourth-order valence-corrected chi connectivity index (χ4v) is 4.01. The first kappa shape index (κ1) is 20.6. The minimum atomic E-state index is -0.168. The van der Waals surface area contributed by atoms with Gasteiger partial charge in [0.15, 0.2) is 0 Å². The Hall–Kier alpha value is -2.62. The normalized spacial score (nSPS) is 14.7. The number of amides is 1. The summed E-state index contributed by atoms with van der Waals surface area (Å²) in [5.41, 5.74) is 2.30. The van der Waals surface area contributed by atoms with Crippen LogP contribution in [0.25, 0.3) is 11.5 Å². The highest BCUT2D eigenvalue weighted by Crippen LogP contribution is 2.34. The number of benzene rings is 1. The Morgan fingerprint density at radius 1 is 1.20 bits per heavy atom. The molecule has 4 rings (SSSR count). The average molecular weight is 445 g/mol. The lowest BCUT2D eigenvalue weighted by Crippen LogP contribution is -2.44. The second kappa shape index (κ2) is 9.46. The first-order chi connectivity index (χ1) is 14.6. The Morgan fingerprint density at radius 3 is 2.80 bits per heavy atom. The van der Waals surface area contributed by atoms with Crippen molar-refractivity contribution in [3.05, 3.63) is 47.7 Å². The number of halogens is 1. The standard InChI is InChI=1S/C20H21ClN6O2S/c1-26-8-10-27(11-9-26)18-15(21)5-2-6-16(18)23-17(28)13-30-20-25-24-19(29-20)14-4-3-7-22-12-14/h2-7,12H,8-11,13H2,1H3,(H,23,28). The number of carbonyl (C=O) groups excluding carboxylic acids is 1. The predicted molar refractivity (Wildman–Crippen MR) is 118 cm³/mol. The van der Waals surface area contributed by atoms with Crippen molar-refractivity contribution < 1.29 is 9.21 Å². The smallest absolute Gasteiger partial charge is 0.277 e. The first-order valence-electron chi connectivity index (χ1n) is 9.49. The van der Waals surface area contributed by atoms with Gasteiger partial charge in [0, 0.05) is 38.6 Å². The summed E-state index contributed by atoms with van der Waals surface area (Å²) in [6.45, 7) is 3.61. The van der Waals surface area contributed by atoms with Gasteiger partial charge in [-0.05, 0) is 31.3 Å². The van der Waals surface area contributed by atoms with E-state index < -0.39 is 0 Å². The molecule has 1 amide bonds. The molecule has 0 unspecified atom stereocenters. The third kappa shape index (κ3) is 4.92. The van der Waals surface area contributed by atoms with Gasteiger partial charge < -0.3 is 19.5 Å². The number of nitrogens with one attached hydrogen (secondary N) is 1. The predicted octanol–water partition coefficient (Wildman–Crippen LogP) is 3.27. The van der Waals surface area contributed by atoms with E-state index in [4.69, 9.17) is 16.0 Å². The van der Waals surface area contributed by atoms with Crippen molar-refractivity contribution in [3.8, 4) is 11.5 Å². The van der Waals surface area contributed by atoms with E-state index in [-0.39, 0.29) is 11.7 Å². The number of rotatable bonds is 6. The van der Waals surface area contributed by atoms with E-state index in [9.17, 15) is 4.79 Å². The van der Waals surface area contributed by atoms with Crippen molar-refractivity contribution in [1.82, 2.24) is 20.1 Å². The van der Waals surface area contributed by atoms with Gasteiger partial charge in [-0.25, -0.2) is 0 Å². The van der Waals surface area contributed by atoms with Crippen LogP contribution in [0, 0.1) is 0 Å². The molecule has 0 radical (unpaired) electrons. The molecule has 30 heavy (non-hydrogen) atoms. The number of anilines is 2. The van der Waals surface area contributed by atoms with Crippen LogP contribution in [0.4, 0.5) is 11.4 Å². The van der Waals surface area contributed by atoms with Crippen LogP contribution in [0.1, 0.15) is 0 Å². The molecule has 1 aliphatic rings. The van der Waals surface area contributed by atoms with Crippen molar-refractivity contribution in [1.29, 1.82) is 0 Å². The monoisotopic (exact) mass is 444 g/mol. The summed E-state index contributed by atoms with van der Waals surface area (Å²) in [5.74, 6) is 0.348. The van der Waals surface area contributed by atoms with E-state index in [1.54, 1.807) is 18.5 Å². The number of hydrogen-bond donors (Lipinski definition) is 1. The largest absolute Gasteiger partial charge is 0.411 e. The zero-order valence-electron chi connectivity index (χ0n) is 16.4. The molecule has 8 nitrogen and oxygen atoms in total. The van der Waals surface area contributed by atoms with Crippen molar-refractivity contribution in [3.63, 3.8) is 0 Å². The Labute approximate surface area is 183 Å². The van der Waals surface area contributed by atoms with Crippen LogP contribution in [0.15, 0.2) is 52.4 Å². The van der Waals surface area contributed by atoms with Crippen molar-refractivity contribution in [2.24, 2.45) is 0 Å². The molecule has 0 spiro atoms. The maximum Gasteiger partial charge on any atom is 0.277 e. The zero-order valence-corrected chi connectivity index (χ0v) is 18.0. The molecule has 1 aromatic carbocycles. The van der Waals surface area contributed by atoms with E-state index in [2.05, 4.69) is 37.3 Å². The van der Waals surface area contributed by atoms with Crippen LogP contribution in [-0.4, -0.2) is 65.0 Å². The maximum absolute atomic E-state index is 12.6. The highest BCUT2D eigenvalue weighted by Gasteiger charge is 2.21. The van der Waals surface area contributed by atoms with Gasteiger partial charge in [0.05, 0.1) is 27.7 Å². The molecule has 0 aliphatic carbocycles. The lowest BCUT2D eigenvalue weighted by Gasteiger charge is -2.35. The van der Waals surface area contributed by atoms with Gasteiger partial charge in [0.2, 0.25) is 11.8 Å². The summed E-state index contributed by atoms with van der Waals surface area (Å²) in [5, 5.41) is 11.9. The number of thioether (sulfide) groups is 1. The first-order valence-corrected chi connectivity index (χ1v) is 10.8. The lowest BCUT2D eigenvalue weighted by molar-refractivity contribution is -0.113. The topological polar surface area (TPSA) is 87.4 Å². The van der Waals surface area contributed by atoms with Crippen molar-refractivity contribution in [2.75, 3.05) is 49.2 Å². The van der Waals surface area contributed by atoms with Crippen LogP contribution in [0.5, 0.6) is 0 Å². The molecule has 1 aliphatic heterocycles. The molecule has 2 aromatic heterocycles. The van der Waals surface area contributed by atoms with Gasteiger partial charge in [0.1, 0.15) is 0 Å². The molecule has 3 aromatic rings. The highest BCUT2D eigenvalue weighted by atomic mass is 35.5. The van der Waals surface area contributed by atoms with E-state index in [1.807, 2.05) is 24.3 Å². The lowest BCUT2D eigenvalue weighted by atomic mass is 10.2. The van der Waals surface area contributed by atoms with E-state index in [1.165, 1.54) is 11.8 Å². The van der Waals surface area contributed by atoms with Gasteiger partial charge in [0.25, 0.3) is 5.22 Å². The Bertz CT molecular complexity index is 1010. The van der Waals surface area contributed by atoms with Crippen LogP contribution in [0.2, 0.25) is 5.02 Å². The van der Waals surface area contributed by atoms with E-state index >= 15 is 0 Å². The Morgan fingerprint density at radius 2 is 2.03 bits per heavy atom. The number of hydrogen-bond acceptors (Lipinski definition) is 8. The third-order valence-corrected chi connectivity index (χ3v) is 5.85. The van der Waals surface area contributed by atoms with E-state index in [0.717, 1.165) is 37.4 Å². The van der Waals surface area contributed by atoms with Gasteiger partial charge in [-0.15, -0.1) is 10.2 Å². The summed E-state index contributed by atoms with van der Waals surface area (Å²) in [4.78, 5) is 21.1. The zero-order chi connectivity index (χ0) is 20.9. The van der Waals surface area contributed by atoms with Crippen molar-refractivity contribution >= 4 is 40.6 Å². The molecule has 0 saturated carbocycles. The van der Waals surface area contributed by atoms with Crippen LogP contribution in [0.3, 0.4) is 0 Å². The minimum absolute atomic E-state index is 0.142. The molecule has 1 saturated heterocycles. The second-order valence-electron chi connectivity index (χ2n) is 6.88. The van der Waals surface area contributed by atoms with Crippen LogP contribution >= 0.6 is 23.4 Å².